The van der Waals surface area contributed by atoms with Gasteiger partial charge in [0.15, 0.2) is 12.2 Å². The number of nitrogens with one attached hydrogen (secondary N) is 1. The second-order valence-electron chi connectivity index (χ2n) is 12.9. The van der Waals surface area contributed by atoms with E-state index in [1.807, 2.05) is 59.5 Å². The summed E-state index contributed by atoms with van der Waals surface area (Å²) in [6.07, 6.45) is -0.685. The SMILES string of the molecule is O=C(O)[C@H](O)[C@H](O)C(=O)N1C[C@H]2CC(c3ccc(CCCOc4cc(F)ccc4Br)cc3)=C(C(=O)N(Cc3ccccc3)C3CC3)[C@@H](C1)N2. The quantitative estimate of drug-likeness (QED) is 0.194. The molecule has 3 aromatic carbocycles. The van der Waals surface area contributed by atoms with Crippen molar-refractivity contribution in [3.8, 4) is 5.75 Å². The Balaban J connectivity index is 1.24. The second kappa shape index (κ2) is 15.2. The molecule has 3 aliphatic rings. The van der Waals surface area contributed by atoms with Crippen LogP contribution in [-0.4, -0.2) is 92.9 Å². The minimum Gasteiger partial charge on any atom is -0.492 e. The first-order valence-corrected chi connectivity index (χ1v) is 17.3. The Hall–Kier alpha value is -4.10. The highest BCUT2D eigenvalue weighted by atomic mass is 79.9. The van der Waals surface area contributed by atoms with Gasteiger partial charge < -0.3 is 35.2 Å². The smallest absolute Gasteiger partial charge is 0.335 e. The average Bonchev–Trinajstić information content (AvgIpc) is 3.95. The van der Waals surface area contributed by atoms with Gasteiger partial charge in [0.1, 0.15) is 11.6 Å². The predicted molar refractivity (Wildman–Crippen MR) is 183 cm³/mol. The van der Waals surface area contributed by atoms with Crippen LogP contribution in [0.5, 0.6) is 5.75 Å². The monoisotopic (exact) mass is 735 g/mol. The zero-order chi connectivity index (χ0) is 34.7. The summed E-state index contributed by atoms with van der Waals surface area (Å²) in [5.41, 5.74) is 4.43. The summed E-state index contributed by atoms with van der Waals surface area (Å²) in [5.74, 6) is -2.61. The van der Waals surface area contributed by atoms with Crippen LogP contribution in [0.25, 0.3) is 5.57 Å². The number of halogens is 2. The van der Waals surface area contributed by atoms with Crippen molar-refractivity contribution in [2.75, 3.05) is 19.7 Å². The van der Waals surface area contributed by atoms with E-state index in [1.165, 1.54) is 17.0 Å². The van der Waals surface area contributed by atoms with E-state index in [-0.39, 0.29) is 36.9 Å². The molecule has 2 fully saturated rings. The van der Waals surface area contributed by atoms with E-state index < -0.39 is 30.1 Å². The molecular weight excluding hydrogens is 697 g/mol. The molecule has 4 atom stereocenters. The number of hydrogen-bond donors (Lipinski definition) is 4. The van der Waals surface area contributed by atoms with Gasteiger partial charge in [-0.1, -0.05) is 54.6 Å². The van der Waals surface area contributed by atoms with Gasteiger partial charge in [-0.05, 0) is 82.4 Å². The zero-order valence-electron chi connectivity index (χ0n) is 26.8. The number of piperazine rings is 1. The molecule has 2 amide bonds. The molecule has 2 bridgehead atoms. The van der Waals surface area contributed by atoms with E-state index in [4.69, 9.17) is 9.84 Å². The van der Waals surface area contributed by atoms with Gasteiger partial charge in [0.25, 0.3) is 11.8 Å². The van der Waals surface area contributed by atoms with Crippen molar-refractivity contribution in [1.29, 1.82) is 0 Å². The van der Waals surface area contributed by atoms with Crippen LogP contribution in [0.4, 0.5) is 4.39 Å². The fraction of sp³-hybridized carbons (Fsp3) is 0.378. The standard InChI is InChI=1S/C37H39BrFN3O7/c38-29-15-12-25(39)17-31(29)49-16-4-7-22-8-10-24(11-9-22)28-18-26-20-41(36(46)33(43)34(44)37(47)48)21-30(40-26)32(28)35(45)42(27-13-14-27)19-23-5-2-1-3-6-23/h1-3,5-6,8-12,15,17,26-27,30,33-34,40,43-44H,4,7,13-14,16,18-21H2,(H,47,48)/t26-,30-,33+,34-/m1/s1. The lowest BCUT2D eigenvalue weighted by Crippen LogP contribution is -2.64. The molecule has 1 aliphatic carbocycles. The highest BCUT2D eigenvalue weighted by molar-refractivity contribution is 9.10. The Labute approximate surface area is 292 Å². The number of fused-ring (bicyclic) bond motifs is 2. The average molecular weight is 737 g/mol. The number of nitrogens with zero attached hydrogens (tertiary/aromatic N) is 2. The highest BCUT2D eigenvalue weighted by Gasteiger charge is 2.45. The molecule has 1 saturated heterocycles. The van der Waals surface area contributed by atoms with Crippen LogP contribution in [0.2, 0.25) is 0 Å². The normalized spacial score (nSPS) is 20.0. The molecule has 10 nitrogen and oxygen atoms in total. The number of aliphatic hydroxyl groups excluding tert-OH is 2. The van der Waals surface area contributed by atoms with Crippen LogP contribution in [-0.2, 0) is 27.3 Å². The Morgan fingerprint density at radius 1 is 0.980 bits per heavy atom. The number of carbonyl (C=O) groups is 3. The van der Waals surface area contributed by atoms with Gasteiger partial charge in [-0.3, -0.25) is 9.59 Å². The summed E-state index contributed by atoms with van der Waals surface area (Å²) < 4.78 is 20.1. The number of carboxylic acid groups (broad SMARTS) is 1. The van der Waals surface area contributed by atoms with Crippen molar-refractivity contribution in [3.05, 3.63) is 105 Å². The molecule has 2 heterocycles. The van der Waals surface area contributed by atoms with Gasteiger partial charge in [-0.15, -0.1) is 0 Å². The summed E-state index contributed by atoms with van der Waals surface area (Å²) in [6.45, 7) is 1.07. The molecule has 0 aromatic heterocycles. The van der Waals surface area contributed by atoms with Crippen molar-refractivity contribution >= 4 is 39.3 Å². The van der Waals surface area contributed by atoms with Crippen LogP contribution >= 0.6 is 15.9 Å². The third-order valence-electron chi connectivity index (χ3n) is 9.26. The van der Waals surface area contributed by atoms with Gasteiger partial charge in [-0.2, -0.15) is 0 Å². The lowest BCUT2D eigenvalue weighted by molar-refractivity contribution is -0.163. The third kappa shape index (κ3) is 8.21. The van der Waals surface area contributed by atoms with E-state index in [2.05, 4.69) is 21.2 Å². The minimum absolute atomic E-state index is 0.0344. The number of aryl methyl sites for hydroxylation is 1. The first kappa shape index (κ1) is 34.8. The number of hydrogen-bond acceptors (Lipinski definition) is 7. The summed E-state index contributed by atoms with van der Waals surface area (Å²) in [4.78, 5) is 42.3. The molecule has 12 heteroatoms. The molecule has 4 N–H and O–H groups in total. The minimum atomic E-state index is -2.25. The van der Waals surface area contributed by atoms with Crippen molar-refractivity contribution in [2.45, 2.75) is 69.0 Å². The maximum Gasteiger partial charge on any atom is 0.335 e. The summed E-state index contributed by atoms with van der Waals surface area (Å²) in [7, 11) is 0. The van der Waals surface area contributed by atoms with Gasteiger partial charge in [0.2, 0.25) is 0 Å². The van der Waals surface area contributed by atoms with Crippen molar-refractivity contribution < 1.29 is 38.8 Å². The van der Waals surface area contributed by atoms with E-state index in [1.54, 1.807) is 6.07 Å². The fourth-order valence-electron chi connectivity index (χ4n) is 6.61. The number of carboxylic acids is 1. The summed E-state index contributed by atoms with van der Waals surface area (Å²) in [6, 6.07) is 21.5. The largest absolute Gasteiger partial charge is 0.492 e. The number of carbonyl (C=O) groups excluding carboxylic acids is 2. The van der Waals surface area contributed by atoms with Gasteiger partial charge in [0, 0.05) is 43.4 Å². The van der Waals surface area contributed by atoms with Gasteiger partial charge >= 0.3 is 5.97 Å². The molecule has 3 aromatic rings. The lowest BCUT2D eigenvalue weighted by Gasteiger charge is -2.45. The van der Waals surface area contributed by atoms with Gasteiger partial charge in [0.05, 0.1) is 17.1 Å². The Morgan fingerprint density at radius 2 is 1.71 bits per heavy atom. The van der Waals surface area contributed by atoms with Crippen LogP contribution in [0.1, 0.15) is 42.4 Å². The Kier molecular flexibility index (Phi) is 10.8. The number of rotatable bonds is 13. The van der Waals surface area contributed by atoms with Crippen molar-refractivity contribution in [1.82, 2.24) is 15.1 Å². The molecule has 258 valence electrons. The van der Waals surface area contributed by atoms with Crippen LogP contribution in [0.3, 0.4) is 0 Å². The molecule has 2 aliphatic heterocycles. The number of benzene rings is 3. The maximum absolute atomic E-state index is 14.6. The number of aliphatic carboxylic acids is 1. The number of ether oxygens (including phenoxy) is 1. The van der Waals surface area contributed by atoms with E-state index >= 15 is 0 Å². The van der Waals surface area contributed by atoms with Crippen LogP contribution < -0.4 is 10.1 Å². The molecule has 0 unspecified atom stereocenters. The van der Waals surface area contributed by atoms with Crippen LogP contribution in [0, 0.1) is 5.82 Å². The fourth-order valence-corrected chi connectivity index (χ4v) is 6.97. The van der Waals surface area contributed by atoms with E-state index in [9.17, 15) is 29.0 Å². The molecule has 49 heavy (non-hydrogen) atoms. The number of amides is 2. The molecule has 1 saturated carbocycles. The molecule has 0 spiro atoms. The first-order chi connectivity index (χ1) is 23.6. The third-order valence-corrected chi connectivity index (χ3v) is 9.91. The predicted octanol–water partition coefficient (Wildman–Crippen LogP) is 3.92. The van der Waals surface area contributed by atoms with Crippen molar-refractivity contribution in [2.24, 2.45) is 0 Å². The molecule has 6 rings (SSSR count). The van der Waals surface area contributed by atoms with Crippen molar-refractivity contribution in [3.63, 3.8) is 0 Å². The molecular formula is C37H39BrFN3O7. The summed E-state index contributed by atoms with van der Waals surface area (Å²) in [5, 5.41) is 32.9. The second-order valence-corrected chi connectivity index (χ2v) is 13.7. The first-order valence-electron chi connectivity index (χ1n) is 16.5. The summed E-state index contributed by atoms with van der Waals surface area (Å²) >= 11 is 3.38. The molecule has 0 radical (unpaired) electrons. The Morgan fingerprint density at radius 3 is 2.41 bits per heavy atom. The van der Waals surface area contributed by atoms with E-state index in [0.717, 1.165) is 41.5 Å². The van der Waals surface area contributed by atoms with E-state index in [0.29, 0.717) is 41.8 Å². The number of aliphatic hydroxyl groups is 2. The highest BCUT2D eigenvalue weighted by Crippen LogP contribution is 2.37. The maximum atomic E-state index is 14.6. The zero-order valence-corrected chi connectivity index (χ0v) is 28.4. The Bertz CT molecular complexity index is 1720. The van der Waals surface area contributed by atoms with Crippen LogP contribution in [0.15, 0.2) is 82.8 Å². The lowest BCUT2D eigenvalue weighted by atomic mass is 9.82. The van der Waals surface area contributed by atoms with Gasteiger partial charge in [-0.25, -0.2) is 9.18 Å². The topological polar surface area (TPSA) is 140 Å².